The van der Waals surface area contributed by atoms with E-state index in [0.717, 1.165) is 0 Å². The second kappa shape index (κ2) is 7.60. The number of fused-ring (bicyclic) bond motifs is 1. The molecule has 1 aromatic carbocycles. The minimum atomic E-state index is -3.48. The van der Waals surface area contributed by atoms with Crippen molar-refractivity contribution in [2.75, 3.05) is 25.5 Å². The highest BCUT2D eigenvalue weighted by molar-refractivity contribution is 7.91. The number of hydrogen-bond acceptors (Lipinski definition) is 6. The molecule has 2 aromatic heterocycles. The standard InChI is InChI=1S/C17H15ClN4O2S2/c1-22(26(23,24)17-3-2-8-25-17)7-6-20-16-9-12(11-19)14-10-13(18)4-5-15(14)21-16/h2-5,8-10H,6-7H2,1H3,(H,20,21). The molecule has 0 aliphatic heterocycles. The van der Waals surface area contributed by atoms with Crippen molar-refractivity contribution in [3.05, 3.63) is 52.4 Å². The third-order valence-corrected chi connectivity index (χ3v) is 7.25. The highest BCUT2D eigenvalue weighted by Gasteiger charge is 2.21. The fourth-order valence-corrected chi connectivity index (χ4v) is 4.95. The largest absolute Gasteiger partial charge is 0.369 e. The fourth-order valence-electron chi connectivity index (χ4n) is 2.41. The van der Waals surface area contributed by atoms with Gasteiger partial charge in [0, 0.05) is 30.5 Å². The summed E-state index contributed by atoms with van der Waals surface area (Å²) in [5.74, 6) is 0.512. The van der Waals surface area contributed by atoms with Crippen LogP contribution in [0.5, 0.6) is 0 Å². The number of thiophene rings is 1. The van der Waals surface area contributed by atoms with Crippen molar-refractivity contribution >= 4 is 49.7 Å². The first kappa shape index (κ1) is 18.6. The lowest BCUT2D eigenvalue weighted by Gasteiger charge is -2.16. The lowest BCUT2D eigenvalue weighted by Crippen LogP contribution is -2.31. The fraction of sp³-hybridized carbons (Fsp3) is 0.176. The van der Waals surface area contributed by atoms with Gasteiger partial charge < -0.3 is 5.32 Å². The van der Waals surface area contributed by atoms with E-state index in [1.807, 2.05) is 0 Å². The van der Waals surface area contributed by atoms with Gasteiger partial charge in [-0.1, -0.05) is 17.7 Å². The van der Waals surface area contributed by atoms with Gasteiger partial charge in [-0.3, -0.25) is 0 Å². The molecule has 1 N–H and O–H groups in total. The number of benzene rings is 1. The summed E-state index contributed by atoms with van der Waals surface area (Å²) in [6, 6.07) is 12.2. The molecule has 0 saturated carbocycles. The molecule has 0 aliphatic carbocycles. The first-order valence-electron chi connectivity index (χ1n) is 7.66. The molecule has 3 aromatic rings. The lowest BCUT2D eigenvalue weighted by atomic mass is 10.1. The van der Waals surface area contributed by atoms with Gasteiger partial charge in [0.15, 0.2) is 0 Å². The molecule has 0 bridgehead atoms. The van der Waals surface area contributed by atoms with Crippen LogP contribution in [0, 0.1) is 11.3 Å². The van der Waals surface area contributed by atoms with E-state index in [2.05, 4.69) is 16.4 Å². The average molecular weight is 407 g/mol. The van der Waals surface area contributed by atoms with Crippen LogP contribution in [0.3, 0.4) is 0 Å². The minimum Gasteiger partial charge on any atom is -0.369 e. The highest BCUT2D eigenvalue weighted by Crippen LogP contribution is 2.24. The number of nitriles is 1. The quantitative estimate of drug-likeness (QED) is 0.676. The number of halogens is 1. The van der Waals surface area contributed by atoms with Crippen LogP contribution in [0.1, 0.15) is 5.56 Å². The number of rotatable bonds is 6. The molecule has 0 unspecified atom stereocenters. The molecule has 0 spiro atoms. The molecule has 0 fully saturated rings. The van der Waals surface area contributed by atoms with Crippen LogP contribution < -0.4 is 5.32 Å². The van der Waals surface area contributed by atoms with Crippen molar-refractivity contribution in [2.24, 2.45) is 0 Å². The molecule has 26 heavy (non-hydrogen) atoms. The molecule has 3 rings (SSSR count). The molecule has 0 atom stereocenters. The zero-order chi connectivity index (χ0) is 18.7. The summed E-state index contributed by atoms with van der Waals surface area (Å²) < 4.78 is 26.4. The summed E-state index contributed by atoms with van der Waals surface area (Å²) in [5.41, 5.74) is 1.11. The van der Waals surface area contributed by atoms with Crippen molar-refractivity contribution in [3.63, 3.8) is 0 Å². The summed E-state index contributed by atoms with van der Waals surface area (Å²) in [4.78, 5) is 4.45. The molecule has 0 amide bonds. The number of hydrogen-bond donors (Lipinski definition) is 1. The Labute approximate surface area is 160 Å². The molecule has 0 saturated heterocycles. The smallest absolute Gasteiger partial charge is 0.252 e. The van der Waals surface area contributed by atoms with Crippen molar-refractivity contribution in [3.8, 4) is 6.07 Å². The number of nitrogens with zero attached hydrogens (tertiary/aromatic N) is 3. The van der Waals surface area contributed by atoms with Crippen molar-refractivity contribution in [1.82, 2.24) is 9.29 Å². The Morgan fingerprint density at radius 3 is 2.85 bits per heavy atom. The van der Waals surface area contributed by atoms with Crippen LogP contribution >= 0.6 is 22.9 Å². The van der Waals surface area contributed by atoms with Crippen LogP contribution in [0.15, 0.2) is 46.0 Å². The van der Waals surface area contributed by atoms with E-state index < -0.39 is 10.0 Å². The summed E-state index contributed by atoms with van der Waals surface area (Å²) in [6.07, 6.45) is 0. The zero-order valence-corrected chi connectivity index (χ0v) is 16.2. The van der Waals surface area contributed by atoms with Gasteiger partial charge in [-0.2, -0.15) is 9.57 Å². The van der Waals surface area contributed by atoms with Gasteiger partial charge in [0.05, 0.1) is 17.1 Å². The molecular weight excluding hydrogens is 392 g/mol. The maximum absolute atomic E-state index is 12.4. The Kier molecular flexibility index (Phi) is 5.44. The summed E-state index contributed by atoms with van der Waals surface area (Å²) in [5, 5.41) is 15.4. The summed E-state index contributed by atoms with van der Waals surface area (Å²) >= 11 is 7.16. The van der Waals surface area contributed by atoms with E-state index in [1.54, 1.807) is 41.8 Å². The Bertz CT molecular complexity index is 1080. The van der Waals surface area contributed by atoms with E-state index in [9.17, 15) is 13.7 Å². The van der Waals surface area contributed by atoms with Crippen LogP contribution in [-0.2, 0) is 10.0 Å². The summed E-state index contributed by atoms with van der Waals surface area (Å²) in [7, 11) is -1.94. The Hall–Kier alpha value is -2.18. The maximum atomic E-state index is 12.4. The van der Waals surface area contributed by atoms with Crippen LogP contribution in [0.25, 0.3) is 10.9 Å². The Morgan fingerprint density at radius 1 is 1.35 bits per heavy atom. The topological polar surface area (TPSA) is 86.1 Å². The predicted molar refractivity (Wildman–Crippen MR) is 104 cm³/mol. The van der Waals surface area contributed by atoms with Crippen molar-refractivity contribution < 1.29 is 8.42 Å². The number of anilines is 1. The maximum Gasteiger partial charge on any atom is 0.252 e. The first-order chi connectivity index (χ1) is 12.4. The van der Waals surface area contributed by atoms with Crippen LogP contribution in [0.4, 0.5) is 5.82 Å². The van der Waals surface area contributed by atoms with E-state index in [-0.39, 0.29) is 6.54 Å². The molecule has 0 aliphatic rings. The average Bonchev–Trinajstić information content (AvgIpc) is 3.16. The molecule has 6 nitrogen and oxygen atoms in total. The molecule has 134 valence electrons. The number of likely N-dealkylation sites (N-methyl/N-ethyl adjacent to an activating group) is 1. The predicted octanol–water partition coefficient (Wildman–Crippen LogP) is 3.55. The van der Waals surface area contributed by atoms with E-state index in [1.165, 1.54) is 22.7 Å². The first-order valence-corrected chi connectivity index (χ1v) is 10.4. The molecule has 9 heteroatoms. The highest BCUT2D eigenvalue weighted by atomic mass is 35.5. The van der Waals surface area contributed by atoms with Gasteiger partial charge in [-0.15, -0.1) is 11.3 Å². The van der Waals surface area contributed by atoms with Crippen molar-refractivity contribution in [1.29, 1.82) is 5.26 Å². The van der Waals surface area contributed by atoms with Gasteiger partial charge in [-0.05, 0) is 35.7 Å². The number of aromatic nitrogens is 1. The zero-order valence-electron chi connectivity index (χ0n) is 13.8. The molecule has 0 radical (unpaired) electrons. The second-order valence-corrected chi connectivity index (χ2v) is 9.17. The van der Waals surface area contributed by atoms with Crippen LogP contribution in [0.2, 0.25) is 5.02 Å². The molecular formula is C17H15ClN4O2S2. The van der Waals surface area contributed by atoms with E-state index in [0.29, 0.717) is 38.1 Å². The van der Waals surface area contributed by atoms with Gasteiger partial charge >= 0.3 is 0 Å². The SMILES string of the molecule is CN(CCNc1cc(C#N)c2cc(Cl)ccc2n1)S(=O)(=O)c1cccs1. The Morgan fingerprint density at radius 2 is 2.15 bits per heavy atom. The van der Waals surface area contributed by atoms with E-state index in [4.69, 9.17) is 11.6 Å². The number of sulfonamides is 1. The number of nitrogens with one attached hydrogen (secondary N) is 1. The van der Waals surface area contributed by atoms with Gasteiger partial charge in [0.1, 0.15) is 10.0 Å². The minimum absolute atomic E-state index is 0.266. The van der Waals surface area contributed by atoms with Gasteiger partial charge in [0.25, 0.3) is 10.0 Å². The Balaban J connectivity index is 1.72. The third kappa shape index (κ3) is 3.81. The number of pyridine rings is 1. The van der Waals surface area contributed by atoms with Crippen LogP contribution in [-0.4, -0.2) is 37.8 Å². The second-order valence-electron chi connectivity index (χ2n) is 5.51. The molecule has 2 heterocycles. The van der Waals surface area contributed by atoms with Gasteiger partial charge in [0.2, 0.25) is 0 Å². The third-order valence-electron chi connectivity index (χ3n) is 3.78. The lowest BCUT2D eigenvalue weighted by molar-refractivity contribution is 0.482. The van der Waals surface area contributed by atoms with E-state index >= 15 is 0 Å². The monoisotopic (exact) mass is 406 g/mol. The summed E-state index contributed by atoms with van der Waals surface area (Å²) in [6.45, 7) is 0.626. The van der Waals surface area contributed by atoms with Crippen molar-refractivity contribution in [2.45, 2.75) is 4.21 Å². The normalized spacial score (nSPS) is 11.6. The van der Waals surface area contributed by atoms with Gasteiger partial charge in [-0.25, -0.2) is 13.4 Å².